The highest BCUT2D eigenvalue weighted by Gasteiger charge is 2.44. The van der Waals surface area contributed by atoms with E-state index >= 15 is 0 Å². The molecule has 0 aromatic heterocycles. The van der Waals surface area contributed by atoms with Crippen molar-refractivity contribution in [3.05, 3.63) is 76.9 Å². The van der Waals surface area contributed by atoms with Crippen LogP contribution < -0.4 is 9.47 Å². The van der Waals surface area contributed by atoms with Gasteiger partial charge in [-0.05, 0) is 62.6 Å². The first-order chi connectivity index (χ1) is 19.6. The lowest BCUT2D eigenvalue weighted by Crippen LogP contribution is -2.36. The van der Waals surface area contributed by atoms with Gasteiger partial charge in [0.05, 0.1) is 45.2 Å². The van der Waals surface area contributed by atoms with E-state index in [2.05, 4.69) is 0 Å². The molecule has 0 aliphatic carbocycles. The molecule has 41 heavy (non-hydrogen) atoms. The van der Waals surface area contributed by atoms with Gasteiger partial charge < -0.3 is 33.2 Å². The molecular weight excluding hydrogens is 528 g/mol. The number of hydrogen-bond donors (Lipinski definition) is 0. The van der Waals surface area contributed by atoms with Crippen molar-refractivity contribution in [2.45, 2.75) is 70.4 Å². The monoisotopic (exact) mass is 566 g/mol. The quantitative estimate of drug-likeness (QED) is 0.331. The highest BCUT2D eigenvalue weighted by molar-refractivity contribution is 6.06. The summed E-state index contributed by atoms with van der Waals surface area (Å²) in [6.07, 6.45) is 6.72. The third-order valence-corrected chi connectivity index (χ3v) is 6.90. The summed E-state index contributed by atoms with van der Waals surface area (Å²) >= 11 is 0. The van der Waals surface area contributed by atoms with E-state index in [0.717, 1.165) is 11.3 Å². The van der Waals surface area contributed by atoms with Gasteiger partial charge in [0.2, 0.25) is 0 Å². The molecule has 0 amide bonds. The van der Waals surface area contributed by atoms with Crippen LogP contribution in [0.5, 0.6) is 11.5 Å². The van der Waals surface area contributed by atoms with Crippen molar-refractivity contribution in [2.24, 2.45) is 0 Å². The molecule has 0 saturated carbocycles. The molecule has 4 atom stereocenters. The van der Waals surface area contributed by atoms with Gasteiger partial charge in [-0.2, -0.15) is 0 Å². The summed E-state index contributed by atoms with van der Waals surface area (Å²) in [5.41, 5.74) is 1.64. The SMILES string of the molecule is COC(=O)c1cc(OC)cc2c1C(=O)O[C@@H](C)C/C=C\C(OCc1ccc(OC)cc1)[C@H]1OC(C)(C)O[C@H]1CC=C2. The van der Waals surface area contributed by atoms with Crippen LogP contribution in [0.15, 0.2) is 54.6 Å². The number of hydrogen-bond acceptors (Lipinski definition) is 9. The second-order valence-corrected chi connectivity index (χ2v) is 10.4. The molecule has 9 nitrogen and oxygen atoms in total. The molecule has 4 rings (SSSR count). The predicted molar refractivity (Wildman–Crippen MR) is 152 cm³/mol. The molecule has 0 spiro atoms. The molecule has 2 heterocycles. The Labute approximate surface area is 241 Å². The summed E-state index contributed by atoms with van der Waals surface area (Å²) < 4.78 is 40.4. The molecule has 0 radical (unpaired) electrons. The number of esters is 2. The van der Waals surface area contributed by atoms with Crippen LogP contribution in [0.2, 0.25) is 0 Å². The van der Waals surface area contributed by atoms with E-state index in [4.69, 9.17) is 33.2 Å². The van der Waals surface area contributed by atoms with Gasteiger partial charge in [-0.3, -0.25) is 0 Å². The second-order valence-electron chi connectivity index (χ2n) is 10.4. The third kappa shape index (κ3) is 7.55. The van der Waals surface area contributed by atoms with E-state index in [9.17, 15) is 9.59 Å². The molecule has 9 heteroatoms. The van der Waals surface area contributed by atoms with Crippen molar-refractivity contribution in [3.63, 3.8) is 0 Å². The second kappa shape index (κ2) is 13.3. The fourth-order valence-corrected chi connectivity index (χ4v) is 4.91. The molecule has 0 bridgehead atoms. The van der Waals surface area contributed by atoms with E-state index < -0.39 is 36.0 Å². The molecule has 1 unspecified atom stereocenters. The number of carbonyl (C=O) groups excluding carboxylic acids is 2. The lowest BCUT2D eigenvalue weighted by atomic mass is 9.98. The fraction of sp³-hybridized carbons (Fsp3) is 0.438. The number of carbonyl (C=O) groups is 2. The van der Waals surface area contributed by atoms with Gasteiger partial charge in [0, 0.05) is 6.42 Å². The lowest BCUT2D eigenvalue weighted by Gasteiger charge is -2.25. The largest absolute Gasteiger partial charge is 0.497 e. The zero-order valence-electron chi connectivity index (χ0n) is 24.4. The molecule has 2 aromatic carbocycles. The van der Waals surface area contributed by atoms with Crippen LogP contribution in [0.4, 0.5) is 0 Å². The average molecular weight is 567 g/mol. The molecule has 2 aliphatic rings. The summed E-state index contributed by atoms with van der Waals surface area (Å²) in [7, 11) is 4.38. The van der Waals surface area contributed by atoms with Crippen LogP contribution in [0.3, 0.4) is 0 Å². The number of rotatable bonds is 6. The Morgan fingerprint density at radius 1 is 0.976 bits per heavy atom. The molecule has 2 aromatic rings. The summed E-state index contributed by atoms with van der Waals surface area (Å²) in [6.45, 7) is 5.90. The molecule has 1 fully saturated rings. The van der Waals surface area contributed by atoms with E-state index in [-0.39, 0.29) is 17.2 Å². The van der Waals surface area contributed by atoms with Gasteiger partial charge in [-0.1, -0.05) is 36.4 Å². The van der Waals surface area contributed by atoms with Crippen LogP contribution >= 0.6 is 0 Å². The van der Waals surface area contributed by atoms with E-state index in [1.165, 1.54) is 20.3 Å². The van der Waals surface area contributed by atoms with Gasteiger partial charge in [0.1, 0.15) is 29.8 Å². The minimum absolute atomic E-state index is 0.0674. The van der Waals surface area contributed by atoms with Crippen LogP contribution in [0.1, 0.15) is 65.5 Å². The van der Waals surface area contributed by atoms with Crippen molar-refractivity contribution < 1.29 is 42.7 Å². The molecule has 2 aliphatic heterocycles. The topological polar surface area (TPSA) is 98.8 Å². The maximum atomic E-state index is 13.4. The Hall–Kier alpha value is -3.66. The van der Waals surface area contributed by atoms with Crippen molar-refractivity contribution in [3.8, 4) is 11.5 Å². The first-order valence-corrected chi connectivity index (χ1v) is 13.6. The maximum Gasteiger partial charge on any atom is 0.339 e. The zero-order valence-corrected chi connectivity index (χ0v) is 24.4. The Balaban J connectivity index is 1.68. The number of benzene rings is 2. The predicted octanol–water partition coefficient (Wildman–Crippen LogP) is 5.50. The van der Waals surface area contributed by atoms with Crippen LogP contribution in [0.25, 0.3) is 6.08 Å². The molecular formula is C32H38O9. The fourth-order valence-electron chi connectivity index (χ4n) is 4.91. The van der Waals surface area contributed by atoms with Crippen molar-refractivity contribution in [1.82, 2.24) is 0 Å². The summed E-state index contributed by atoms with van der Waals surface area (Å²) in [6, 6.07) is 10.9. The van der Waals surface area contributed by atoms with Crippen molar-refractivity contribution in [2.75, 3.05) is 21.3 Å². The minimum Gasteiger partial charge on any atom is -0.497 e. The van der Waals surface area contributed by atoms with E-state index in [0.29, 0.717) is 30.8 Å². The van der Waals surface area contributed by atoms with Gasteiger partial charge >= 0.3 is 11.9 Å². The first-order valence-electron chi connectivity index (χ1n) is 13.6. The third-order valence-electron chi connectivity index (χ3n) is 6.90. The zero-order chi connectivity index (χ0) is 29.6. The lowest BCUT2D eigenvalue weighted by molar-refractivity contribution is -0.156. The van der Waals surface area contributed by atoms with Gasteiger partial charge in [0.25, 0.3) is 0 Å². The van der Waals surface area contributed by atoms with Crippen molar-refractivity contribution >= 4 is 18.0 Å². The smallest absolute Gasteiger partial charge is 0.339 e. The molecule has 1 saturated heterocycles. The number of methoxy groups -OCH3 is 3. The highest BCUT2D eigenvalue weighted by atomic mass is 16.8. The Morgan fingerprint density at radius 3 is 2.39 bits per heavy atom. The Morgan fingerprint density at radius 2 is 1.71 bits per heavy atom. The van der Waals surface area contributed by atoms with Crippen LogP contribution in [0, 0.1) is 0 Å². The molecule has 220 valence electrons. The van der Waals surface area contributed by atoms with Gasteiger partial charge in [-0.15, -0.1) is 0 Å². The summed E-state index contributed by atoms with van der Waals surface area (Å²) in [5, 5.41) is 0. The van der Waals surface area contributed by atoms with E-state index in [1.807, 2.05) is 56.3 Å². The normalized spacial score (nSPS) is 24.8. The van der Waals surface area contributed by atoms with Crippen LogP contribution in [-0.2, 0) is 30.3 Å². The highest BCUT2D eigenvalue weighted by Crippen LogP contribution is 2.35. The van der Waals surface area contributed by atoms with Crippen LogP contribution in [-0.4, -0.2) is 63.5 Å². The standard InChI is InChI=1S/C32H38O9/c1-20-9-7-11-26(38-19-21-13-15-23(35-4)16-14-21)29-27(40-32(2,3)41-29)12-8-10-22-17-24(36-5)18-25(30(33)37-6)28(22)31(34)39-20/h7-8,10-11,13-18,20,26-27,29H,9,12,19H2,1-6H3/b10-8?,11-7-/t20-,26?,27-,29+/m0/s1. The summed E-state index contributed by atoms with van der Waals surface area (Å²) in [4.78, 5) is 26.0. The minimum atomic E-state index is -0.821. The average Bonchev–Trinajstić information content (AvgIpc) is 3.27. The Kier molecular flexibility index (Phi) is 9.86. The van der Waals surface area contributed by atoms with Crippen molar-refractivity contribution in [1.29, 1.82) is 0 Å². The number of ether oxygens (including phenoxy) is 7. The Bertz CT molecular complexity index is 1280. The summed E-state index contributed by atoms with van der Waals surface area (Å²) in [5.74, 6) is -0.930. The first kappa shape index (κ1) is 30.3. The van der Waals surface area contributed by atoms with E-state index in [1.54, 1.807) is 26.2 Å². The number of cyclic esters (lactones) is 1. The maximum absolute atomic E-state index is 13.4. The van der Waals surface area contributed by atoms with Gasteiger partial charge in [-0.25, -0.2) is 9.59 Å². The van der Waals surface area contributed by atoms with Gasteiger partial charge in [0.15, 0.2) is 5.79 Å². The number of fused-ring (bicyclic) bond motifs is 2. The molecule has 0 N–H and O–H groups in total.